The van der Waals surface area contributed by atoms with Gasteiger partial charge in [0.2, 0.25) is 5.91 Å². The zero-order valence-electron chi connectivity index (χ0n) is 13.5. The molecule has 0 spiro atoms. The summed E-state index contributed by atoms with van der Waals surface area (Å²) in [4.78, 5) is 28.1. The molecule has 2 amide bonds. The van der Waals surface area contributed by atoms with Gasteiger partial charge in [0.05, 0.1) is 5.56 Å². The minimum Gasteiger partial charge on any atom is -0.341 e. The Bertz CT molecular complexity index is 553. The van der Waals surface area contributed by atoms with Gasteiger partial charge in [-0.2, -0.15) is 11.8 Å². The third-order valence-electron chi connectivity index (χ3n) is 3.90. The van der Waals surface area contributed by atoms with Crippen LogP contribution < -0.4 is 0 Å². The minimum atomic E-state index is -0.494. The smallest absolute Gasteiger partial charge is 0.256 e. The van der Waals surface area contributed by atoms with E-state index >= 15 is 0 Å². The highest BCUT2D eigenvalue weighted by Crippen LogP contribution is 2.13. The van der Waals surface area contributed by atoms with Crippen LogP contribution in [-0.2, 0) is 4.79 Å². The molecule has 23 heavy (non-hydrogen) atoms. The van der Waals surface area contributed by atoms with Gasteiger partial charge in [0.1, 0.15) is 5.82 Å². The second kappa shape index (κ2) is 8.91. The monoisotopic (exact) mass is 338 g/mol. The van der Waals surface area contributed by atoms with E-state index in [9.17, 15) is 14.0 Å². The van der Waals surface area contributed by atoms with Crippen molar-refractivity contribution in [2.45, 2.75) is 19.8 Å². The van der Waals surface area contributed by atoms with Gasteiger partial charge in [-0.05, 0) is 24.3 Å². The molecule has 0 radical (unpaired) electrons. The van der Waals surface area contributed by atoms with Crippen molar-refractivity contribution in [3.05, 3.63) is 35.6 Å². The van der Waals surface area contributed by atoms with Crippen molar-refractivity contribution in [1.29, 1.82) is 0 Å². The molecule has 1 fully saturated rings. The number of carbonyl (C=O) groups is 2. The Morgan fingerprint density at radius 1 is 1.13 bits per heavy atom. The summed E-state index contributed by atoms with van der Waals surface area (Å²) in [5.41, 5.74) is 0.103. The lowest BCUT2D eigenvalue weighted by Crippen LogP contribution is -2.37. The van der Waals surface area contributed by atoms with Crippen LogP contribution in [0.25, 0.3) is 0 Å². The molecule has 4 nitrogen and oxygen atoms in total. The van der Waals surface area contributed by atoms with Crippen molar-refractivity contribution < 1.29 is 14.0 Å². The Kier molecular flexibility index (Phi) is 6.89. The second-order valence-electron chi connectivity index (χ2n) is 5.45. The fourth-order valence-electron chi connectivity index (χ4n) is 2.64. The molecule has 1 aliphatic rings. The minimum absolute atomic E-state index is 0.103. The van der Waals surface area contributed by atoms with Gasteiger partial charge in [-0.15, -0.1) is 0 Å². The topological polar surface area (TPSA) is 40.6 Å². The fourth-order valence-corrected chi connectivity index (χ4v) is 3.24. The highest BCUT2D eigenvalue weighted by molar-refractivity contribution is 7.99. The third kappa shape index (κ3) is 4.96. The lowest BCUT2D eigenvalue weighted by Gasteiger charge is -2.22. The van der Waals surface area contributed by atoms with Crippen LogP contribution in [0, 0.1) is 5.82 Å². The lowest BCUT2D eigenvalue weighted by molar-refractivity contribution is -0.130. The predicted molar refractivity (Wildman–Crippen MR) is 91.1 cm³/mol. The molecule has 1 aliphatic heterocycles. The molecule has 0 aliphatic carbocycles. The van der Waals surface area contributed by atoms with Crippen LogP contribution in [0.2, 0.25) is 0 Å². The van der Waals surface area contributed by atoms with Crippen LogP contribution in [0.5, 0.6) is 0 Å². The van der Waals surface area contributed by atoms with E-state index in [1.807, 2.05) is 4.90 Å². The van der Waals surface area contributed by atoms with E-state index in [4.69, 9.17) is 0 Å². The van der Waals surface area contributed by atoms with E-state index in [1.165, 1.54) is 12.1 Å². The summed E-state index contributed by atoms with van der Waals surface area (Å²) in [6.45, 7) is 4.28. The van der Waals surface area contributed by atoms with Crippen LogP contribution >= 0.6 is 11.8 Å². The van der Waals surface area contributed by atoms with Gasteiger partial charge in [-0.3, -0.25) is 9.59 Å². The molecule has 0 unspecified atom stereocenters. The first kappa shape index (κ1) is 17.8. The van der Waals surface area contributed by atoms with Gasteiger partial charge < -0.3 is 9.80 Å². The van der Waals surface area contributed by atoms with Gasteiger partial charge in [-0.25, -0.2) is 4.39 Å². The maximum Gasteiger partial charge on any atom is 0.256 e. The third-order valence-corrected chi connectivity index (χ3v) is 4.81. The van der Waals surface area contributed by atoms with Crippen molar-refractivity contribution in [2.75, 3.05) is 37.7 Å². The van der Waals surface area contributed by atoms with E-state index in [-0.39, 0.29) is 17.4 Å². The zero-order valence-corrected chi connectivity index (χ0v) is 14.3. The van der Waals surface area contributed by atoms with Gasteiger partial charge >= 0.3 is 0 Å². The number of nitrogens with zero attached hydrogens (tertiary/aromatic N) is 2. The Balaban J connectivity index is 1.92. The summed E-state index contributed by atoms with van der Waals surface area (Å²) in [5.74, 6) is 1.21. The largest absolute Gasteiger partial charge is 0.341 e. The summed E-state index contributed by atoms with van der Waals surface area (Å²) < 4.78 is 13.8. The molecule has 0 saturated carbocycles. The molecule has 2 rings (SSSR count). The number of halogens is 1. The number of amides is 2. The van der Waals surface area contributed by atoms with E-state index < -0.39 is 5.82 Å². The Labute approximate surface area is 141 Å². The van der Waals surface area contributed by atoms with Gasteiger partial charge in [-0.1, -0.05) is 19.1 Å². The van der Waals surface area contributed by atoms with Crippen molar-refractivity contribution in [2.24, 2.45) is 0 Å². The number of hydrogen-bond acceptors (Lipinski definition) is 3. The first-order valence-electron chi connectivity index (χ1n) is 8.02. The van der Waals surface area contributed by atoms with Gasteiger partial charge in [0.25, 0.3) is 5.91 Å². The summed E-state index contributed by atoms with van der Waals surface area (Å²) in [6, 6.07) is 6.04. The quantitative estimate of drug-likeness (QED) is 0.775. The Hall–Kier alpha value is -1.56. The zero-order chi connectivity index (χ0) is 16.7. The van der Waals surface area contributed by atoms with Gasteiger partial charge in [0.15, 0.2) is 0 Å². The summed E-state index contributed by atoms with van der Waals surface area (Å²) in [5, 5.41) is 0. The predicted octanol–water partition coefficient (Wildman–Crippen LogP) is 2.64. The molecule has 126 valence electrons. The molecule has 6 heteroatoms. The molecule has 1 saturated heterocycles. The number of rotatable bonds is 5. The van der Waals surface area contributed by atoms with Crippen LogP contribution in [0.1, 0.15) is 30.1 Å². The van der Waals surface area contributed by atoms with Crippen LogP contribution in [0.3, 0.4) is 0 Å². The second-order valence-corrected chi connectivity index (χ2v) is 6.85. The highest BCUT2D eigenvalue weighted by atomic mass is 32.2. The molecular formula is C17H23FN2O2S. The molecule has 1 aromatic rings. The molecule has 0 aromatic heterocycles. The first-order valence-corrected chi connectivity index (χ1v) is 9.18. The summed E-state index contributed by atoms with van der Waals surface area (Å²) >= 11 is 1.76. The number of thioether (sulfide) groups is 1. The number of hydrogen-bond donors (Lipinski definition) is 0. The number of carbonyl (C=O) groups excluding carboxylic acids is 2. The first-order chi connectivity index (χ1) is 11.1. The average molecular weight is 338 g/mol. The average Bonchev–Trinajstić information content (AvgIpc) is 2.81. The maximum atomic E-state index is 13.8. The van der Waals surface area contributed by atoms with Crippen molar-refractivity contribution in [3.63, 3.8) is 0 Å². The molecule has 0 bridgehead atoms. The summed E-state index contributed by atoms with van der Waals surface area (Å²) in [7, 11) is 0. The molecule has 1 aromatic carbocycles. The summed E-state index contributed by atoms with van der Waals surface area (Å²) in [6.07, 6.45) is 1.27. The van der Waals surface area contributed by atoms with Crippen LogP contribution in [-0.4, -0.2) is 59.3 Å². The molecule has 0 atom stereocenters. The van der Waals surface area contributed by atoms with E-state index in [2.05, 4.69) is 6.92 Å². The van der Waals surface area contributed by atoms with Gasteiger partial charge in [0, 0.05) is 38.4 Å². The van der Waals surface area contributed by atoms with Crippen LogP contribution in [0.4, 0.5) is 4.39 Å². The fraction of sp³-hybridized carbons (Fsp3) is 0.529. The highest BCUT2D eigenvalue weighted by Gasteiger charge is 2.23. The lowest BCUT2D eigenvalue weighted by atomic mass is 10.2. The normalized spacial score (nSPS) is 15.4. The molecule has 1 heterocycles. The Morgan fingerprint density at radius 3 is 2.57 bits per heavy atom. The molecule has 0 N–H and O–H groups in total. The van der Waals surface area contributed by atoms with Crippen molar-refractivity contribution in [1.82, 2.24) is 9.80 Å². The van der Waals surface area contributed by atoms with Crippen LogP contribution in [0.15, 0.2) is 24.3 Å². The van der Waals surface area contributed by atoms with E-state index in [0.717, 1.165) is 17.9 Å². The SMILES string of the molecule is CCSCCC(=O)N1CCCN(C(=O)c2ccccc2F)CC1. The van der Waals surface area contributed by atoms with Crippen molar-refractivity contribution >= 4 is 23.6 Å². The maximum absolute atomic E-state index is 13.8. The van der Waals surface area contributed by atoms with E-state index in [1.54, 1.807) is 28.8 Å². The Morgan fingerprint density at radius 2 is 1.83 bits per heavy atom. The molecular weight excluding hydrogens is 315 g/mol. The van der Waals surface area contributed by atoms with E-state index in [0.29, 0.717) is 32.6 Å². The van der Waals surface area contributed by atoms with Crippen molar-refractivity contribution in [3.8, 4) is 0 Å². The standard InChI is InChI=1S/C17H23FN2O2S/c1-2-23-13-8-16(21)19-9-5-10-20(12-11-19)17(22)14-6-3-4-7-15(14)18/h3-4,6-7H,2,5,8-13H2,1H3. The number of benzene rings is 1.